The van der Waals surface area contributed by atoms with E-state index in [1.807, 2.05) is 12.1 Å². The summed E-state index contributed by atoms with van der Waals surface area (Å²) >= 11 is 0. The Balaban J connectivity index is 1.50. The van der Waals surface area contributed by atoms with Gasteiger partial charge in [0.2, 0.25) is 5.91 Å². The molecular weight excluding hydrogens is 348 g/mol. The Bertz CT molecular complexity index is 965. The Morgan fingerprint density at radius 1 is 1.26 bits per heavy atom. The van der Waals surface area contributed by atoms with Gasteiger partial charge in [0.1, 0.15) is 6.04 Å². The number of carbonyl (C=O) groups is 2. The molecule has 2 amide bonds. The number of rotatable bonds is 4. The van der Waals surface area contributed by atoms with Gasteiger partial charge >= 0.3 is 0 Å². The predicted molar refractivity (Wildman–Crippen MR) is 95.6 cm³/mol. The molecule has 4 rings (SSSR count). The molecule has 1 aliphatic rings. The Morgan fingerprint density at radius 3 is 2.89 bits per heavy atom. The van der Waals surface area contributed by atoms with Crippen LogP contribution in [0.5, 0.6) is 0 Å². The number of furan rings is 1. The maximum absolute atomic E-state index is 12.8. The molecule has 3 aromatic rings. The lowest BCUT2D eigenvalue weighted by Gasteiger charge is -2.23. The van der Waals surface area contributed by atoms with Crippen LogP contribution in [0.15, 0.2) is 47.1 Å². The SMILES string of the molecule is Cn1nnnc1-c1cccc(NC(=O)[C@@H]2CCCN2C(=O)c2ccco2)c1. The minimum absolute atomic E-state index is 0.222. The molecular formula is C18H18N6O3. The molecule has 0 spiro atoms. The van der Waals surface area contributed by atoms with Gasteiger partial charge in [0.05, 0.1) is 6.26 Å². The first-order valence-corrected chi connectivity index (χ1v) is 8.61. The lowest BCUT2D eigenvalue weighted by atomic mass is 10.1. The Labute approximate surface area is 155 Å². The van der Waals surface area contributed by atoms with Crippen molar-refractivity contribution in [3.05, 3.63) is 48.4 Å². The maximum Gasteiger partial charge on any atom is 0.290 e. The first kappa shape index (κ1) is 17.0. The minimum atomic E-state index is -0.525. The molecule has 0 aliphatic carbocycles. The highest BCUT2D eigenvalue weighted by Gasteiger charge is 2.35. The molecule has 1 saturated heterocycles. The number of nitrogens with zero attached hydrogens (tertiary/aromatic N) is 5. The summed E-state index contributed by atoms with van der Waals surface area (Å²) in [6.45, 7) is 0.530. The fourth-order valence-electron chi connectivity index (χ4n) is 3.26. The smallest absolute Gasteiger partial charge is 0.290 e. The van der Waals surface area contributed by atoms with E-state index in [0.29, 0.717) is 24.5 Å². The van der Waals surface area contributed by atoms with Crippen molar-refractivity contribution in [1.82, 2.24) is 25.1 Å². The lowest BCUT2D eigenvalue weighted by Crippen LogP contribution is -2.43. The summed E-state index contributed by atoms with van der Waals surface area (Å²) in [7, 11) is 1.75. The maximum atomic E-state index is 12.8. The van der Waals surface area contributed by atoms with E-state index in [0.717, 1.165) is 12.0 Å². The lowest BCUT2D eigenvalue weighted by molar-refractivity contribution is -0.119. The number of hydrogen-bond donors (Lipinski definition) is 1. The van der Waals surface area contributed by atoms with Crippen molar-refractivity contribution in [2.24, 2.45) is 7.05 Å². The normalized spacial score (nSPS) is 16.5. The Kier molecular flexibility index (Phi) is 4.41. The third-order valence-corrected chi connectivity index (χ3v) is 4.56. The molecule has 1 N–H and O–H groups in total. The first-order chi connectivity index (χ1) is 13.1. The van der Waals surface area contributed by atoms with E-state index in [2.05, 4.69) is 20.8 Å². The quantitative estimate of drug-likeness (QED) is 0.753. The second kappa shape index (κ2) is 7.02. The molecule has 0 radical (unpaired) electrons. The van der Waals surface area contributed by atoms with Gasteiger partial charge in [0, 0.05) is 24.8 Å². The minimum Gasteiger partial charge on any atom is -0.459 e. The summed E-state index contributed by atoms with van der Waals surface area (Å²) in [5.41, 5.74) is 1.41. The molecule has 1 atom stereocenters. The van der Waals surface area contributed by atoms with E-state index in [1.54, 1.807) is 40.9 Å². The number of likely N-dealkylation sites (tertiary alicyclic amines) is 1. The Morgan fingerprint density at radius 2 is 2.15 bits per heavy atom. The van der Waals surface area contributed by atoms with Crippen LogP contribution in [-0.2, 0) is 11.8 Å². The summed E-state index contributed by atoms with van der Waals surface area (Å²) < 4.78 is 6.74. The van der Waals surface area contributed by atoms with Crippen molar-refractivity contribution in [1.29, 1.82) is 0 Å². The number of hydrogen-bond acceptors (Lipinski definition) is 6. The zero-order chi connectivity index (χ0) is 18.8. The first-order valence-electron chi connectivity index (χ1n) is 8.61. The van der Waals surface area contributed by atoms with E-state index in [1.165, 1.54) is 6.26 Å². The average Bonchev–Trinajstić information content (AvgIpc) is 3.42. The molecule has 138 valence electrons. The number of carbonyl (C=O) groups excluding carboxylic acids is 2. The van der Waals surface area contributed by atoms with Crippen LogP contribution < -0.4 is 5.32 Å². The van der Waals surface area contributed by atoms with Gasteiger partial charge in [-0.3, -0.25) is 9.59 Å². The molecule has 27 heavy (non-hydrogen) atoms. The van der Waals surface area contributed by atoms with Crippen LogP contribution in [-0.4, -0.2) is 49.5 Å². The predicted octanol–water partition coefficient (Wildman–Crippen LogP) is 1.71. The van der Waals surface area contributed by atoms with Crippen molar-refractivity contribution >= 4 is 17.5 Å². The fourth-order valence-corrected chi connectivity index (χ4v) is 3.26. The van der Waals surface area contributed by atoms with Crippen LogP contribution in [0.3, 0.4) is 0 Å². The van der Waals surface area contributed by atoms with Crippen LogP contribution in [0.1, 0.15) is 23.4 Å². The second-order valence-corrected chi connectivity index (χ2v) is 6.33. The van der Waals surface area contributed by atoms with Crippen LogP contribution >= 0.6 is 0 Å². The summed E-state index contributed by atoms with van der Waals surface area (Å²) in [6, 6.07) is 10.0. The highest BCUT2D eigenvalue weighted by Crippen LogP contribution is 2.24. The van der Waals surface area contributed by atoms with Gasteiger partial charge in [0.15, 0.2) is 11.6 Å². The van der Waals surface area contributed by atoms with E-state index in [9.17, 15) is 9.59 Å². The van der Waals surface area contributed by atoms with Crippen LogP contribution in [0.25, 0.3) is 11.4 Å². The summed E-state index contributed by atoms with van der Waals surface area (Å²) in [5.74, 6) is 0.352. The highest BCUT2D eigenvalue weighted by molar-refractivity contribution is 6.00. The molecule has 1 aromatic carbocycles. The molecule has 0 unspecified atom stereocenters. The van der Waals surface area contributed by atoms with Gasteiger partial charge in [-0.25, -0.2) is 4.68 Å². The van der Waals surface area contributed by atoms with Crippen molar-refractivity contribution in [2.45, 2.75) is 18.9 Å². The third-order valence-electron chi connectivity index (χ3n) is 4.56. The zero-order valence-corrected chi connectivity index (χ0v) is 14.7. The fraction of sp³-hybridized carbons (Fsp3) is 0.278. The van der Waals surface area contributed by atoms with Crippen molar-refractivity contribution in [3.63, 3.8) is 0 Å². The van der Waals surface area contributed by atoms with Gasteiger partial charge in [-0.15, -0.1) is 5.10 Å². The zero-order valence-electron chi connectivity index (χ0n) is 14.7. The van der Waals surface area contributed by atoms with Crippen LogP contribution in [0.4, 0.5) is 5.69 Å². The number of benzene rings is 1. The number of tetrazole rings is 1. The van der Waals surface area contributed by atoms with Gasteiger partial charge in [-0.1, -0.05) is 12.1 Å². The van der Waals surface area contributed by atoms with Gasteiger partial charge in [-0.2, -0.15) is 0 Å². The topological polar surface area (TPSA) is 106 Å². The molecule has 3 heterocycles. The van der Waals surface area contributed by atoms with Crippen molar-refractivity contribution in [3.8, 4) is 11.4 Å². The van der Waals surface area contributed by atoms with Crippen LogP contribution in [0.2, 0.25) is 0 Å². The molecule has 9 heteroatoms. The molecule has 1 aliphatic heterocycles. The van der Waals surface area contributed by atoms with E-state index >= 15 is 0 Å². The summed E-state index contributed by atoms with van der Waals surface area (Å²) in [5, 5.41) is 14.3. The molecule has 0 saturated carbocycles. The summed E-state index contributed by atoms with van der Waals surface area (Å²) in [4.78, 5) is 26.9. The largest absolute Gasteiger partial charge is 0.459 e. The monoisotopic (exact) mass is 366 g/mol. The molecule has 1 fully saturated rings. The second-order valence-electron chi connectivity index (χ2n) is 6.33. The van der Waals surface area contributed by atoms with E-state index < -0.39 is 6.04 Å². The number of aryl methyl sites for hydroxylation is 1. The van der Waals surface area contributed by atoms with Crippen LogP contribution in [0, 0.1) is 0 Å². The summed E-state index contributed by atoms with van der Waals surface area (Å²) in [6.07, 6.45) is 2.84. The Hall–Kier alpha value is -3.49. The number of amides is 2. The van der Waals surface area contributed by atoms with E-state index in [4.69, 9.17) is 4.42 Å². The van der Waals surface area contributed by atoms with Crippen molar-refractivity contribution in [2.75, 3.05) is 11.9 Å². The van der Waals surface area contributed by atoms with Gasteiger partial charge in [0.25, 0.3) is 5.91 Å². The average molecular weight is 366 g/mol. The number of anilines is 1. The molecule has 0 bridgehead atoms. The third kappa shape index (κ3) is 3.31. The highest BCUT2D eigenvalue weighted by atomic mass is 16.3. The van der Waals surface area contributed by atoms with Gasteiger partial charge in [-0.05, 0) is 47.5 Å². The van der Waals surface area contributed by atoms with Crippen molar-refractivity contribution < 1.29 is 14.0 Å². The standard InChI is InChI=1S/C18H18N6O3/c1-23-16(20-21-22-23)12-5-2-6-13(11-12)19-17(25)14-7-3-9-24(14)18(26)15-8-4-10-27-15/h2,4-6,8,10-11,14H,3,7,9H2,1H3,(H,19,25)/t14-/m0/s1. The van der Waals surface area contributed by atoms with E-state index in [-0.39, 0.29) is 17.6 Å². The number of aromatic nitrogens is 4. The van der Waals surface area contributed by atoms with Gasteiger partial charge < -0.3 is 14.6 Å². The number of nitrogens with one attached hydrogen (secondary N) is 1. The molecule has 9 nitrogen and oxygen atoms in total. The molecule has 2 aromatic heterocycles.